The third kappa shape index (κ3) is 5.67. The number of rotatable bonds is 6. The van der Waals surface area contributed by atoms with Crippen LogP contribution < -0.4 is 5.32 Å². The maximum absolute atomic E-state index is 13.4. The highest BCUT2D eigenvalue weighted by molar-refractivity contribution is 6.42. The fourth-order valence-corrected chi connectivity index (χ4v) is 4.76. The van der Waals surface area contributed by atoms with Crippen LogP contribution >= 0.6 is 23.2 Å². The zero-order chi connectivity index (χ0) is 22.5. The number of halogens is 2. The quantitative estimate of drug-likeness (QED) is 0.398. The molecule has 0 aliphatic heterocycles. The second kappa shape index (κ2) is 10.5. The molecule has 1 fully saturated rings. The zero-order valence-electron chi connectivity index (χ0n) is 18.4. The van der Waals surface area contributed by atoms with E-state index >= 15 is 0 Å². The van der Waals surface area contributed by atoms with Crippen molar-refractivity contribution in [2.75, 3.05) is 5.32 Å². The fourth-order valence-electron chi connectivity index (χ4n) is 4.46. The van der Waals surface area contributed by atoms with Gasteiger partial charge in [0.05, 0.1) is 16.6 Å². The Hall–Kier alpha value is -2.43. The minimum atomic E-state index is -0.0985. The van der Waals surface area contributed by atoms with Crippen molar-refractivity contribution < 1.29 is 4.79 Å². The van der Waals surface area contributed by atoms with Crippen molar-refractivity contribution in [1.82, 2.24) is 9.47 Å². The van der Waals surface area contributed by atoms with Gasteiger partial charge in [0, 0.05) is 30.2 Å². The molecule has 1 heterocycles. The van der Waals surface area contributed by atoms with Gasteiger partial charge in [-0.05, 0) is 55.7 Å². The van der Waals surface area contributed by atoms with Gasteiger partial charge in [-0.2, -0.15) is 0 Å². The van der Waals surface area contributed by atoms with E-state index in [2.05, 4.69) is 59.4 Å². The lowest BCUT2D eigenvalue weighted by atomic mass is 9.94. The molecule has 32 heavy (non-hydrogen) atoms. The molecule has 1 aliphatic carbocycles. The van der Waals surface area contributed by atoms with E-state index < -0.39 is 0 Å². The predicted molar refractivity (Wildman–Crippen MR) is 133 cm³/mol. The van der Waals surface area contributed by atoms with E-state index in [9.17, 15) is 4.79 Å². The smallest absolute Gasteiger partial charge is 0.322 e. The van der Waals surface area contributed by atoms with Crippen LogP contribution in [-0.4, -0.2) is 21.5 Å². The Labute approximate surface area is 200 Å². The summed E-state index contributed by atoms with van der Waals surface area (Å²) in [6, 6.07) is 18.0. The van der Waals surface area contributed by atoms with Gasteiger partial charge < -0.3 is 14.8 Å². The van der Waals surface area contributed by atoms with E-state index in [0.717, 1.165) is 37.9 Å². The molecule has 0 unspecified atom stereocenters. The van der Waals surface area contributed by atoms with Crippen molar-refractivity contribution in [3.05, 3.63) is 87.7 Å². The van der Waals surface area contributed by atoms with Gasteiger partial charge >= 0.3 is 6.03 Å². The van der Waals surface area contributed by atoms with Crippen LogP contribution in [0.1, 0.15) is 48.9 Å². The van der Waals surface area contributed by atoms with E-state index in [4.69, 9.17) is 23.2 Å². The first-order valence-corrected chi connectivity index (χ1v) is 12.0. The highest BCUT2D eigenvalue weighted by atomic mass is 35.5. The van der Waals surface area contributed by atoms with E-state index in [1.807, 2.05) is 4.90 Å². The number of carbonyl (C=O) groups excluding carboxylic acids is 1. The van der Waals surface area contributed by atoms with Gasteiger partial charge in [0.25, 0.3) is 0 Å². The summed E-state index contributed by atoms with van der Waals surface area (Å²) in [5.74, 6) is 0. The van der Waals surface area contributed by atoms with Crippen LogP contribution in [0, 0.1) is 6.92 Å². The molecule has 0 saturated heterocycles. The topological polar surface area (TPSA) is 37.3 Å². The maximum atomic E-state index is 13.4. The third-order valence-corrected chi connectivity index (χ3v) is 6.88. The van der Waals surface area contributed by atoms with Gasteiger partial charge in [0.1, 0.15) is 0 Å². The highest BCUT2D eigenvalue weighted by Gasteiger charge is 2.26. The minimum absolute atomic E-state index is 0.0985. The van der Waals surface area contributed by atoms with Crippen molar-refractivity contribution in [1.29, 1.82) is 0 Å². The Kier molecular flexibility index (Phi) is 7.44. The van der Waals surface area contributed by atoms with Crippen molar-refractivity contribution in [3.8, 4) is 0 Å². The van der Waals surface area contributed by atoms with Crippen LogP contribution in [0.4, 0.5) is 10.5 Å². The van der Waals surface area contributed by atoms with Gasteiger partial charge in [0.2, 0.25) is 0 Å². The molecule has 0 spiro atoms. The van der Waals surface area contributed by atoms with Crippen LogP contribution in [0.3, 0.4) is 0 Å². The van der Waals surface area contributed by atoms with Gasteiger partial charge in [-0.15, -0.1) is 0 Å². The molecule has 1 N–H and O–H groups in total. The average molecular weight is 470 g/mol. The largest absolute Gasteiger partial charge is 0.345 e. The number of nitrogens with one attached hydrogen (secondary N) is 1. The van der Waals surface area contributed by atoms with E-state index in [1.165, 1.54) is 17.5 Å². The van der Waals surface area contributed by atoms with Crippen LogP contribution in [0.2, 0.25) is 10.0 Å². The standard InChI is InChI=1S/C26H29Cl2N3O/c1-19-7-5-8-20(15-19)17-30-14-6-11-23(30)18-31(22-9-3-2-4-10-22)26(32)29-21-12-13-24(27)25(28)16-21/h5-8,11-16,22H,2-4,9-10,17-18H2,1H3,(H,29,32). The highest BCUT2D eigenvalue weighted by Crippen LogP contribution is 2.28. The number of urea groups is 1. The summed E-state index contributed by atoms with van der Waals surface area (Å²) < 4.78 is 2.23. The van der Waals surface area contributed by atoms with Gasteiger partial charge in [-0.25, -0.2) is 4.79 Å². The molecular weight excluding hydrogens is 441 g/mol. The molecule has 1 saturated carbocycles. The summed E-state index contributed by atoms with van der Waals surface area (Å²) >= 11 is 12.2. The van der Waals surface area contributed by atoms with Crippen molar-refractivity contribution in [2.24, 2.45) is 0 Å². The Bertz CT molecular complexity index is 1070. The summed E-state index contributed by atoms with van der Waals surface area (Å²) in [5.41, 5.74) is 4.29. The molecule has 2 aromatic carbocycles. The minimum Gasteiger partial charge on any atom is -0.345 e. The van der Waals surface area contributed by atoms with Crippen molar-refractivity contribution in [3.63, 3.8) is 0 Å². The first kappa shape index (κ1) is 22.8. The lowest BCUT2D eigenvalue weighted by Crippen LogP contribution is -2.43. The summed E-state index contributed by atoms with van der Waals surface area (Å²) in [6.07, 6.45) is 7.72. The van der Waals surface area contributed by atoms with Crippen LogP contribution in [0.25, 0.3) is 0 Å². The normalized spacial score (nSPS) is 14.3. The number of amides is 2. The van der Waals surface area contributed by atoms with E-state index in [0.29, 0.717) is 22.3 Å². The van der Waals surface area contributed by atoms with Gasteiger partial charge in [-0.3, -0.25) is 0 Å². The molecule has 168 valence electrons. The zero-order valence-corrected chi connectivity index (χ0v) is 19.9. The number of aryl methyl sites for hydroxylation is 1. The number of nitrogens with zero attached hydrogens (tertiary/aromatic N) is 2. The van der Waals surface area contributed by atoms with E-state index in [-0.39, 0.29) is 12.1 Å². The lowest BCUT2D eigenvalue weighted by Gasteiger charge is -2.34. The number of carbonyl (C=O) groups is 1. The molecule has 0 atom stereocenters. The van der Waals surface area contributed by atoms with Crippen molar-refractivity contribution >= 4 is 34.9 Å². The molecule has 4 nitrogen and oxygen atoms in total. The Morgan fingerprint density at radius 3 is 2.59 bits per heavy atom. The molecule has 6 heteroatoms. The van der Waals surface area contributed by atoms with Crippen LogP contribution in [-0.2, 0) is 13.1 Å². The number of hydrogen-bond donors (Lipinski definition) is 1. The number of aromatic nitrogens is 1. The fraction of sp³-hybridized carbons (Fsp3) is 0.346. The Balaban J connectivity index is 1.54. The maximum Gasteiger partial charge on any atom is 0.322 e. The molecule has 0 bridgehead atoms. The Morgan fingerprint density at radius 2 is 1.84 bits per heavy atom. The molecular formula is C26H29Cl2N3O. The first-order valence-electron chi connectivity index (χ1n) is 11.2. The number of hydrogen-bond acceptors (Lipinski definition) is 1. The van der Waals surface area contributed by atoms with Gasteiger partial charge in [-0.1, -0.05) is 72.3 Å². The van der Waals surface area contributed by atoms with Gasteiger partial charge in [0.15, 0.2) is 0 Å². The first-order chi connectivity index (χ1) is 15.5. The summed E-state index contributed by atoms with van der Waals surface area (Å²) in [4.78, 5) is 15.4. The van der Waals surface area contributed by atoms with Crippen molar-refractivity contribution in [2.45, 2.75) is 58.2 Å². The summed E-state index contributed by atoms with van der Waals surface area (Å²) in [6.45, 7) is 3.46. The molecule has 4 rings (SSSR count). The molecule has 1 aliphatic rings. The summed E-state index contributed by atoms with van der Waals surface area (Å²) in [5, 5.41) is 3.94. The van der Waals surface area contributed by atoms with Crippen LogP contribution in [0.5, 0.6) is 0 Å². The monoisotopic (exact) mass is 469 g/mol. The average Bonchev–Trinajstić information content (AvgIpc) is 3.21. The molecule has 0 radical (unpaired) electrons. The molecule has 2 amide bonds. The lowest BCUT2D eigenvalue weighted by molar-refractivity contribution is 0.161. The number of benzene rings is 2. The molecule has 3 aromatic rings. The SMILES string of the molecule is Cc1cccc(Cn2cccc2CN(C(=O)Nc2ccc(Cl)c(Cl)c2)C2CCCCC2)c1. The van der Waals surface area contributed by atoms with E-state index in [1.54, 1.807) is 18.2 Å². The second-order valence-electron chi connectivity index (χ2n) is 8.60. The third-order valence-electron chi connectivity index (χ3n) is 6.14. The number of anilines is 1. The van der Waals surface area contributed by atoms with Crippen LogP contribution in [0.15, 0.2) is 60.8 Å². The predicted octanol–water partition coefficient (Wildman–Crippen LogP) is 7.52. The second-order valence-corrected chi connectivity index (χ2v) is 9.41. The summed E-state index contributed by atoms with van der Waals surface area (Å²) in [7, 11) is 0. The Morgan fingerprint density at radius 1 is 1.03 bits per heavy atom. The molecule has 1 aromatic heterocycles.